The highest BCUT2D eigenvalue weighted by Crippen LogP contribution is 2.34. The minimum absolute atomic E-state index is 0.0295. The van der Waals surface area contributed by atoms with Crippen LogP contribution in [-0.4, -0.2) is 53.6 Å². The monoisotopic (exact) mass is 390 g/mol. The number of rotatable bonds is 4. The molecule has 2 aromatic carbocycles. The number of nitrogens with zero attached hydrogens (tertiary/aromatic N) is 2. The van der Waals surface area contributed by atoms with E-state index in [9.17, 15) is 14.4 Å². The molecular formula is C24H26N2O3. The van der Waals surface area contributed by atoms with E-state index in [0.717, 1.165) is 43.1 Å². The summed E-state index contributed by atoms with van der Waals surface area (Å²) in [5.41, 5.74) is 3.47. The first-order valence-corrected chi connectivity index (χ1v) is 10.7. The van der Waals surface area contributed by atoms with Crippen LogP contribution in [0.2, 0.25) is 0 Å². The van der Waals surface area contributed by atoms with Gasteiger partial charge in [0, 0.05) is 37.5 Å². The Morgan fingerprint density at radius 2 is 1.79 bits per heavy atom. The van der Waals surface area contributed by atoms with Gasteiger partial charge in [-0.05, 0) is 54.0 Å². The Kier molecular flexibility index (Phi) is 4.61. The van der Waals surface area contributed by atoms with E-state index < -0.39 is 0 Å². The average molecular weight is 390 g/mol. The van der Waals surface area contributed by atoms with Gasteiger partial charge in [0.25, 0.3) is 0 Å². The summed E-state index contributed by atoms with van der Waals surface area (Å²) in [5, 5.41) is 2.32. The predicted molar refractivity (Wildman–Crippen MR) is 111 cm³/mol. The van der Waals surface area contributed by atoms with Gasteiger partial charge in [0.15, 0.2) is 5.78 Å². The molecule has 0 saturated carbocycles. The number of carbonyl (C=O) groups excluding carboxylic acids is 3. The smallest absolute Gasteiger partial charge is 0.242 e. The molecule has 5 nitrogen and oxygen atoms in total. The molecule has 3 aliphatic rings. The number of benzene rings is 2. The van der Waals surface area contributed by atoms with E-state index in [-0.39, 0.29) is 30.1 Å². The van der Waals surface area contributed by atoms with Gasteiger partial charge in [0.2, 0.25) is 11.8 Å². The molecule has 150 valence electrons. The van der Waals surface area contributed by atoms with Crippen molar-refractivity contribution in [1.29, 1.82) is 0 Å². The van der Waals surface area contributed by atoms with Gasteiger partial charge in [-0.25, -0.2) is 0 Å². The van der Waals surface area contributed by atoms with Crippen molar-refractivity contribution in [2.75, 3.05) is 26.2 Å². The molecule has 0 spiro atoms. The number of amides is 2. The fourth-order valence-corrected chi connectivity index (χ4v) is 5.23. The first-order valence-electron chi connectivity index (χ1n) is 10.7. The number of Topliss-reactive ketones (excluding diaryl/α,β-unsaturated/α-hetero) is 1. The number of ketones is 1. The summed E-state index contributed by atoms with van der Waals surface area (Å²) in [5.74, 6) is 0.0183. The van der Waals surface area contributed by atoms with E-state index in [2.05, 4.69) is 18.2 Å². The minimum Gasteiger partial charge on any atom is -0.340 e. The molecule has 0 aromatic heterocycles. The minimum atomic E-state index is -0.166. The second-order valence-electron chi connectivity index (χ2n) is 8.57. The maximum absolute atomic E-state index is 13.4. The largest absolute Gasteiger partial charge is 0.340 e. The normalized spacial score (nSPS) is 21.2. The molecule has 0 unspecified atom stereocenters. The zero-order chi connectivity index (χ0) is 20.0. The molecule has 1 aliphatic carbocycles. The molecule has 2 saturated heterocycles. The number of carbonyl (C=O) groups is 3. The summed E-state index contributed by atoms with van der Waals surface area (Å²) in [4.78, 5) is 41.4. The molecule has 2 heterocycles. The Hall–Kier alpha value is -2.69. The van der Waals surface area contributed by atoms with E-state index >= 15 is 0 Å². The van der Waals surface area contributed by atoms with Gasteiger partial charge in [-0.3, -0.25) is 14.4 Å². The first kappa shape index (κ1) is 18.3. The third-order valence-electron chi connectivity index (χ3n) is 6.78. The van der Waals surface area contributed by atoms with Crippen molar-refractivity contribution in [3.05, 3.63) is 47.0 Å². The maximum atomic E-state index is 13.4. The predicted octanol–water partition coefficient (Wildman–Crippen LogP) is 2.98. The third kappa shape index (κ3) is 3.22. The Morgan fingerprint density at radius 3 is 2.59 bits per heavy atom. The number of hydrogen-bond donors (Lipinski definition) is 0. The van der Waals surface area contributed by atoms with E-state index in [1.807, 2.05) is 12.1 Å². The molecule has 5 rings (SSSR count). The Bertz CT molecular complexity index is 1000. The van der Waals surface area contributed by atoms with Crippen molar-refractivity contribution in [2.45, 2.75) is 38.5 Å². The average Bonchev–Trinajstić information content (AvgIpc) is 3.35. The third-order valence-corrected chi connectivity index (χ3v) is 6.78. The standard InChI is InChI=1S/C24H26N2O3/c27-21-7-3-13-26(21)15-22(28)25-12-2-5-18(14-25)24(29)20-11-10-17-9-8-16-4-1-6-19(20)23(16)17/h1,4,6,10-11,18H,2-3,5,7-9,12-15H2/t18-/m0/s1. The van der Waals surface area contributed by atoms with Crippen molar-refractivity contribution >= 4 is 28.4 Å². The van der Waals surface area contributed by atoms with E-state index in [4.69, 9.17) is 0 Å². The number of hydrogen-bond acceptors (Lipinski definition) is 3. The summed E-state index contributed by atoms with van der Waals surface area (Å²) < 4.78 is 0. The topological polar surface area (TPSA) is 57.7 Å². The van der Waals surface area contributed by atoms with Crippen LogP contribution < -0.4 is 0 Å². The Labute approximate surface area is 170 Å². The van der Waals surface area contributed by atoms with Crippen LogP contribution >= 0.6 is 0 Å². The fourth-order valence-electron chi connectivity index (χ4n) is 5.23. The van der Waals surface area contributed by atoms with Crippen LogP contribution in [0.15, 0.2) is 30.3 Å². The van der Waals surface area contributed by atoms with E-state index in [1.54, 1.807) is 9.80 Å². The Balaban J connectivity index is 1.35. The molecule has 29 heavy (non-hydrogen) atoms. The van der Waals surface area contributed by atoms with Gasteiger partial charge in [0.1, 0.15) is 0 Å². The van der Waals surface area contributed by atoms with Gasteiger partial charge in [-0.1, -0.05) is 30.3 Å². The van der Waals surface area contributed by atoms with E-state index in [1.165, 1.54) is 16.5 Å². The summed E-state index contributed by atoms with van der Waals surface area (Å²) >= 11 is 0. The van der Waals surface area contributed by atoms with Crippen molar-refractivity contribution in [1.82, 2.24) is 9.80 Å². The molecule has 2 aromatic rings. The fraction of sp³-hybridized carbons (Fsp3) is 0.458. The van der Waals surface area contributed by atoms with E-state index in [0.29, 0.717) is 26.1 Å². The van der Waals surface area contributed by atoms with Crippen molar-refractivity contribution in [3.8, 4) is 0 Å². The van der Waals surface area contributed by atoms with Gasteiger partial charge in [-0.2, -0.15) is 0 Å². The van der Waals surface area contributed by atoms with Crippen LogP contribution in [0.25, 0.3) is 10.8 Å². The van der Waals surface area contributed by atoms with Crippen LogP contribution in [0.5, 0.6) is 0 Å². The molecule has 2 amide bonds. The molecule has 2 fully saturated rings. The van der Waals surface area contributed by atoms with Gasteiger partial charge < -0.3 is 9.80 Å². The number of aryl methyl sites for hydroxylation is 2. The zero-order valence-electron chi connectivity index (χ0n) is 16.7. The maximum Gasteiger partial charge on any atom is 0.242 e. The summed E-state index contributed by atoms with van der Waals surface area (Å²) in [6.45, 7) is 1.96. The van der Waals surface area contributed by atoms with Gasteiger partial charge in [-0.15, -0.1) is 0 Å². The highest BCUT2D eigenvalue weighted by molar-refractivity contribution is 6.11. The van der Waals surface area contributed by atoms with Crippen LogP contribution in [-0.2, 0) is 22.4 Å². The van der Waals surface area contributed by atoms with Crippen LogP contribution in [0.3, 0.4) is 0 Å². The SMILES string of the molecule is O=C(c1ccc2c3c(cccc13)CC2)[C@H]1CCCN(C(=O)CN2CCCC2=O)C1. The second kappa shape index (κ2) is 7.29. The molecule has 0 radical (unpaired) electrons. The highest BCUT2D eigenvalue weighted by atomic mass is 16.2. The van der Waals surface area contributed by atoms with Crippen LogP contribution in [0, 0.1) is 5.92 Å². The lowest BCUT2D eigenvalue weighted by Crippen LogP contribution is -2.46. The van der Waals surface area contributed by atoms with Gasteiger partial charge >= 0.3 is 0 Å². The zero-order valence-corrected chi connectivity index (χ0v) is 16.7. The number of likely N-dealkylation sites (tertiary alicyclic amines) is 2. The second-order valence-corrected chi connectivity index (χ2v) is 8.57. The number of piperidine rings is 1. The lowest BCUT2D eigenvalue weighted by molar-refractivity contribution is -0.139. The quantitative estimate of drug-likeness (QED) is 0.754. The molecule has 0 bridgehead atoms. The molecule has 1 atom stereocenters. The summed E-state index contributed by atoms with van der Waals surface area (Å²) in [6, 6.07) is 10.4. The van der Waals surface area contributed by atoms with Crippen LogP contribution in [0.1, 0.15) is 47.2 Å². The van der Waals surface area contributed by atoms with Crippen molar-refractivity contribution in [2.24, 2.45) is 5.92 Å². The lowest BCUT2D eigenvalue weighted by atomic mass is 9.87. The molecule has 0 N–H and O–H groups in total. The first-order chi connectivity index (χ1) is 14.1. The lowest BCUT2D eigenvalue weighted by Gasteiger charge is -2.33. The summed E-state index contributed by atoms with van der Waals surface area (Å²) in [6.07, 6.45) is 5.11. The Morgan fingerprint density at radius 1 is 0.966 bits per heavy atom. The molecule has 5 heteroatoms. The van der Waals surface area contributed by atoms with Gasteiger partial charge in [0.05, 0.1) is 6.54 Å². The highest BCUT2D eigenvalue weighted by Gasteiger charge is 2.32. The van der Waals surface area contributed by atoms with Crippen LogP contribution in [0.4, 0.5) is 0 Å². The summed E-state index contributed by atoms with van der Waals surface area (Å²) in [7, 11) is 0. The van der Waals surface area contributed by atoms with Crippen molar-refractivity contribution < 1.29 is 14.4 Å². The molecule has 2 aliphatic heterocycles. The molecular weight excluding hydrogens is 364 g/mol. The van der Waals surface area contributed by atoms with Crippen molar-refractivity contribution in [3.63, 3.8) is 0 Å².